The standard InChI is InChI=1S/C42H29N5/c43-41(26-12-3-1-4-13-26)30-16-7-8-20-32(30)45-47-35-22-10-18-31-38(35)40-36(47)24-23-34-39(40)37-28(29-19-11-25-44-42(29)31)17-9-21-33(37)46(34)27-14-5-2-6-15-27/h1-25,39-40,43,45H. The van der Waals surface area contributed by atoms with Gasteiger partial charge in [0.25, 0.3) is 0 Å². The first kappa shape index (κ1) is 26.1. The number of benzene rings is 5. The van der Waals surface area contributed by atoms with Gasteiger partial charge in [0.2, 0.25) is 0 Å². The molecular formula is C42H29N5. The Morgan fingerprint density at radius 3 is 2.11 bits per heavy atom. The lowest BCUT2D eigenvalue weighted by Gasteiger charge is -2.33. The molecule has 2 unspecified atom stereocenters. The van der Waals surface area contributed by atoms with E-state index in [9.17, 15) is 0 Å². The van der Waals surface area contributed by atoms with Crippen LogP contribution in [0.25, 0.3) is 22.4 Å². The van der Waals surface area contributed by atoms with E-state index in [0.29, 0.717) is 5.71 Å². The van der Waals surface area contributed by atoms with Crippen LogP contribution in [0.1, 0.15) is 34.1 Å². The number of anilines is 4. The Bertz CT molecular complexity index is 2320. The highest BCUT2D eigenvalue weighted by molar-refractivity contribution is 6.14. The number of hydrogen-bond acceptors (Lipinski definition) is 5. The molecule has 0 spiro atoms. The fraction of sp³-hybridized carbons (Fsp3) is 0.0476. The van der Waals surface area contributed by atoms with Crippen LogP contribution in [0.4, 0.5) is 22.7 Å². The minimum atomic E-state index is 0.0678. The Balaban J connectivity index is 1.21. The third kappa shape index (κ3) is 3.65. The number of allylic oxidation sites excluding steroid dienone is 4. The van der Waals surface area contributed by atoms with Crippen molar-refractivity contribution in [2.45, 2.75) is 11.8 Å². The zero-order chi connectivity index (χ0) is 31.1. The fourth-order valence-corrected chi connectivity index (χ4v) is 8.15. The number of pyridine rings is 1. The molecule has 5 heteroatoms. The lowest BCUT2D eigenvalue weighted by atomic mass is 9.72. The molecule has 2 aliphatic carbocycles. The van der Waals surface area contributed by atoms with Crippen molar-refractivity contribution in [1.82, 2.24) is 4.98 Å². The third-order valence-electron chi connectivity index (χ3n) is 10.0. The van der Waals surface area contributed by atoms with Crippen molar-refractivity contribution in [2.24, 2.45) is 0 Å². The average molecular weight is 604 g/mol. The summed E-state index contributed by atoms with van der Waals surface area (Å²) in [5.41, 5.74) is 20.1. The summed E-state index contributed by atoms with van der Waals surface area (Å²) in [4.78, 5) is 7.50. The fourth-order valence-electron chi connectivity index (χ4n) is 8.15. The smallest absolute Gasteiger partial charge is 0.0784 e. The summed E-state index contributed by atoms with van der Waals surface area (Å²) in [6.45, 7) is 0. The molecule has 0 fully saturated rings. The Kier molecular flexibility index (Phi) is 5.49. The second-order valence-corrected chi connectivity index (χ2v) is 12.4. The maximum absolute atomic E-state index is 9.15. The normalized spacial score (nSPS) is 17.6. The van der Waals surface area contributed by atoms with Crippen LogP contribution in [0.15, 0.2) is 163 Å². The molecule has 6 aromatic rings. The Labute approximate surface area is 273 Å². The zero-order valence-corrected chi connectivity index (χ0v) is 25.4. The summed E-state index contributed by atoms with van der Waals surface area (Å²) in [5.74, 6) is 0.178. The predicted molar refractivity (Wildman–Crippen MR) is 190 cm³/mol. The summed E-state index contributed by atoms with van der Waals surface area (Å²) >= 11 is 0. The van der Waals surface area contributed by atoms with Crippen molar-refractivity contribution in [1.29, 1.82) is 5.41 Å². The van der Waals surface area contributed by atoms with Gasteiger partial charge < -0.3 is 4.90 Å². The second-order valence-electron chi connectivity index (χ2n) is 12.4. The lowest BCUT2D eigenvalue weighted by Crippen LogP contribution is -2.30. The van der Waals surface area contributed by atoms with Gasteiger partial charge in [0, 0.05) is 57.4 Å². The SMILES string of the molecule is N=C(c1ccccc1)c1ccccc1NN1C2=CC=C3C4c5c(cccc5N3c3ccccc3)-c3cccnc3-c3cccc1c3C24. The maximum Gasteiger partial charge on any atom is 0.0784 e. The van der Waals surface area contributed by atoms with Crippen LogP contribution in [-0.4, -0.2) is 10.7 Å². The van der Waals surface area contributed by atoms with E-state index >= 15 is 0 Å². The Hall–Kier alpha value is -6.20. The first-order valence-corrected chi connectivity index (χ1v) is 16.1. The molecule has 0 saturated heterocycles. The van der Waals surface area contributed by atoms with Gasteiger partial charge >= 0.3 is 0 Å². The predicted octanol–water partition coefficient (Wildman–Crippen LogP) is 9.79. The van der Waals surface area contributed by atoms with Crippen LogP contribution in [0, 0.1) is 5.41 Å². The van der Waals surface area contributed by atoms with Crippen LogP contribution in [0.2, 0.25) is 0 Å². The van der Waals surface area contributed by atoms with E-state index in [4.69, 9.17) is 10.4 Å². The summed E-state index contributed by atoms with van der Waals surface area (Å²) in [7, 11) is 0. The number of nitrogens with zero attached hydrogens (tertiary/aromatic N) is 3. The first-order valence-electron chi connectivity index (χ1n) is 16.1. The van der Waals surface area contributed by atoms with Gasteiger partial charge in [-0.25, -0.2) is 0 Å². The van der Waals surface area contributed by atoms with Crippen molar-refractivity contribution in [3.05, 3.63) is 185 Å². The molecule has 0 radical (unpaired) electrons. The zero-order valence-electron chi connectivity index (χ0n) is 25.4. The summed E-state index contributed by atoms with van der Waals surface area (Å²) in [6, 6.07) is 46.4. The molecule has 1 aromatic heterocycles. The van der Waals surface area contributed by atoms with Crippen molar-refractivity contribution < 1.29 is 0 Å². The van der Waals surface area contributed by atoms with Crippen LogP contribution >= 0.6 is 0 Å². The highest BCUT2D eigenvalue weighted by Crippen LogP contribution is 2.65. The molecule has 47 heavy (non-hydrogen) atoms. The van der Waals surface area contributed by atoms with Gasteiger partial charge in [0.15, 0.2) is 0 Å². The van der Waals surface area contributed by atoms with Gasteiger partial charge in [-0.2, -0.15) is 0 Å². The average Bonchev–Trinajstić information content (AvgIpc) is 3.64. The summed E-state index contributed by atoms with van der Waals surface area (Å²) in [5, 5.41) is 11.4. The van der Waals surface area contributed by atoms with E-state index in [0.717, 1.165) is 39.4 Å². The summed E-state index contributed by atoms with van der Waals surface area (Å²) in [6.07, 6.45) is 6.52. The third-order valence-corrected chi connectivity index (χ3v) is 10.0. The Morgan fingerprint density at radius 2 is 1.26 bits per heavy atom. The van der Waals surface area contributed by atoms with Crippen molar-refractivity contribution in [3.8, 4) is 22.4 Å². The van der Waals surface area contributed by atoms with Gasteiger partial charge in [-0.05, 0) is 65.2 Å². The van der Waals surface area contributed by atoms with E-state index in [1.54, 1.807) is 0 Å². The van der Waals surface area contributed by atoms with Crippen LogP contribution in [-0.2, 0) is 0 Å². The molecule has 2 aliphatic heterocycles. The number of para-hydroxylation sites is 2. The Morgan fingerprint density at radius 1 is 0.596 bits per heavy atom. The molecule has 0 saturated carbocycles. The van der Waals surface area contributed by atoms with Gasteiger partial charge in [-0.15, -0.1) is 0 Å². The van der Waals surface area contributed by atoms with Gasteiger partial charge in [-0.3, -0.25) is 20.8 Å². The van der Waals surface area contributed by atoms with Crippen molar-refractivity contribution in [3.63, 3.8) is 0 Å². The molecule has 0 amide bonds. The molecule has 0 bridgehead atoms. The minimum absolute atomic E-state index is 0.0678. The van der Waals surface area contributed by atoms with E-state index < -0.39 is 0 Å². The molecule has 10 rings (SSSR count). The van der Waals surface area contributed by atoms with Gasteiger partial charge in [0.05, 0.1) is 28.5 Å². The number of hydrogen-bond donors (Lipinski definition) is 2. The minimum Gasteiger partial charge on any atom is -0.313 e. The molecular weight excluding hydrogens is 574 g/mol. The first-order chi connectivity index (χ1) is 23.3. The number of fused-ring (bicyclic) bond motifs is 3. The van der Waals surface area contributed by atoms with E-state index in [1.165, 1.54) is 39.3 Å². The van der Waals surface area contributed by atoms with Gasteiger partial charge in [0.1, 0.15) is 0 Å². The topological polar surface area (TPSA) is 55.3 Å². The maximum atomic E-state index is 9.15. The van der Waals surface area contributed by atoms with E-state index in [1.807, 2.05) is 54.7 Å². The quantitative estimate of drug-likeness (QED) is 0.193. The van der Waals surface area contributed by atoms with E-state index in [2.05, 4.69) is 112 Å². The largest absolute Gasteiger partial charge is 0.313 e. The molecule has 222 valence electrons. The van der Waals surface area contributed by atoms with E-state index in [-0.39, 0.29) is 11.8 Å². The molecule has 5 nitrogen and oxygen atoms in total. The molecule has 2 N–H and O–H groups in total. The van der Waals surface area contributed by atoms with Crippen LogP contribution in [0.5, 0.6) is 0 Å². The summed E-state index contributed by atoms with van der Waals surface area (Å²) < 4.78 is 0. The lowest BCUT2D eigenvalue weighted by molar-refractivity contribution is 0.683. The molecule has 2 atom stereocenters. The molecule has 5 aromatic carbocycles. The number of aromatic nitrogens is 1. The number of hydrazine groups is 1. The van der Waals surface area contributed by atoms with Crippen LogP contribution < -0.4 is 15.3 Å². The molecule has 4 aliphatic rings. The van der Waals surface area contributed by atoms with Crippen molar-refractivity contribution >= 4 is 28.5 Å². The second kappa shape index (κ2) is 9.90. The highest BCUT2D eigenvalue weighted by Gasteiger charge is 2.51. The van der Waals surface area contributed by atoms with Gasteiger partial charge in [-0.1, -0.05) is 97.1 Å². The highest BCUT2D eigenvalue weighted by atomic mass is 15.5. The number of nitrogens with one attached hydrogen (secondary N) is 2. The van der Waals surface area contributed by atoms with Crippen molar-refractivity contribution in [2.75, 3.05) is 15.3 Å². The monoisotopic (exact) mass is 603 g/mol. The van der Waals surface area contributed by atoms with Crippen LogP contribution in [0.3, 0.4) is 0 Å². The number of rotatable bonds is 5. The molecule has 3 heterocycles.